The predicted octanol–water partition coefficient (Wildman–Crippen LogP) is 4.32. The van der Waals surface area contributed by atoms with Gasteiger partial charge >= 0.3 is 0 Å². The summed E-state index contributed by atoms with van der Waals surface area (Å²) in [5.74, 6) is -0.804. The summed E-state index contributed by atoms with van der Waals surface area (Å²) in [7, 11) is -3.75. The van der Waals surface area contributed by atoms with Crippen LogP contribution in [-0.2, 0) is 16.6 Å². The maximum atomic E-state index is 13.3. The molecule has 0 saturated heterocycles. The van der Waals surface area contributed by atoms with Crippen molar-refractivity contribution in [2.45, 2.75) is 11.4 Å². The minimum absolute atomic E-state index is 0.122. The Hall–Kier alpha value is -2.71. The Bertz CT molecular complexity index is 1110. The third-order valence-electron chi connectivity index (χ3n) is 3.88. The van der Waals surface area contributed by atoms with Crippen molar-refractivity contribution in [1.29, 1.82) is 0 Å². The van der Waals surface area contributed by atoms with Gasteiger partial charge in [-0.05, 0) is 54.1 Å². The van der Waals surface area contributed by atoms with E-state index in [-0.39, 0.29) is 22.7 Å². The molecule has 144 valence electrons. The van der Waals surface area contributed by atoms with Crippen molar-refractivity contribution in [3.05, 3.63) is 94.2 Å². The number of halogens is 2. The lowest BCUT2D eigenvalue weighted by Gasteiger charge is -2.10. The van der Waals surface area contributed by atoms with Crippen molar-refractivity contribution in [3.63, 3.8) is 0 Å². The molecule has 3 rings (SSSR count). The largest absolute Gasteiger partial charge is 0.348 e. The van der Waals surface area contributed by atoms with E-state index in [1.807, 2.05) is 0 Å². The molecule has 0 radical (unpaired) electrons. The predicted molar refractivity (Wildman–Crippen MR) is 109 cm³/mol. The minimum atomic E-state index is -3.75. The molecular formula is C20H16BrFN2O3S. The maximum Gasteiger partial charge on any atom is 0.261 e. The highest BCUT2D eigenvalue weighted by atomic mass is 79.9. The van der Waals surface area contributed by atoms with Gasteiger partial charge in [-0.15, -0.1) is 0 Å². The number of hydrogen-bond acceptors (Lipinski definition) is 3. The van der Waals surface area contributed by atoms with Crippen molar-refractivity contribution < 1.29 is 17.6 Å². The zero-order chi connectivity index (χ0) is 20.1. The molecule has 0 heterocycles. The third-order valence-corrected chi connectivity index (χ3v) is 6.05. The smallest absolute Gasteiger partial charge is 0.261 e. The highest BCUT2D eigenvalue weighted by Gasteiger charge is 2.15. The summed E-state index contributed by atoms with van der Waals surface area (Å²) in [5, 5.41) is 2.69. The number of sulfonamides is 1. The van der Waals surface area contributed by atoms with Crippen LogP contribution >= 0.6 is 15.9 Å². The zero-order valence-corrected chi connectivity index (χ0v) is 16.9. The van der Waals surface area contributed by atoms with E-state index >= 15 is 0 Å². The van der Waals surface area contributed by atoms with E-state index in [0.29, 0.717) is 10.0 Å². The van der Waals surface area contributed by atoms with Gasteiger partial charge in [0, 0.05) is 22.3 Å². The first-order chi connectivity index (χ1) is 13.3. The van der Waals surface area contributed by atoms with Crippen molar-refractivity contribution in [1.82, 2.24) is 5.32 Å². The van der Waals surface area contributed by atoms with E-state index in [0.717, 1.165) is 0 Å². The first-order valence-electron chi connectivity index (χ1n) is 8.25. The van der Waals surface area contributed by atoms with Crippen LogP contribution in [0.15, 0.2) is 82.2 Å². The summed E-state index contributed by atoms with van der Waals surface area (Å²) in [6.45, 7) is 0.122. The van der Waals surface area contributed by atoms with Gasteiger partial charge in [0.2, 0.25) is 0 Å². The molecule has 0 aliphatic heterocycles. The average molecular weight is 463 g/mol. The average Bonchev–Trinajstić information content (AvgIpc) is 2.69. The molecule has 5 nitrogen and oxygen atoms in total. The second-order valence-electron chi connectivity index (χ2n) is 5.92. The van der Waals surface area contributed by atoms with Crippen LogP contribution in [0.25, 0.3) is 0 Å². The van der Waals surface area contributed by atoms with E-state index < -0.39 is 21.7 Å². The molecule has 2 N–H and O–H groups in total. The second-order valence-corrected chi connectivity index (χ2v) is 8.45. The lowest BCUT2D eigenvalue weighted by atomic mass is 10.1. The highest BCUT2D eigenvalue weighted by molar-refractivity contribution is 9.10. The lowest BCUT2D eigenvalue weighted by Crippen LogP contribution is -2.23. The van der Waals surface area contributed by atoms with Crippen LogP contribution in [0, 0.1) is 5.82 Å². The number of hydrogen-bond donors (Lipinski definition) is 2. The van der Waals surface area contributed by atoms with Crippen LogP contribution in [0.5, 0.6) is 0 Å². The van der Waals surface area contributed by atoms with Gasteiger partial charge in [0.25, 0.3) is 15.9 Å². The molecule has 0 bridgehead atoms. The first kappa shape index (κ1) is 20.0. The van der Waals surface area contributed by atoms with Gasteiger partial charge in [-0.25, -0.2) is 12.8 Å². The van der Waals surface area contributed by atoms with Gasteiger partial charge in [-0.2, -0.15) is 0 Å². The van der Waals surface area contributed by atoms with Gasteiger partial charge in [0.15, 0.2) is 0 Å². The molecule has 1 amide bonds. The maximum absolute atomic E-state index is 13.3. The van der Waals surface area contributed by atoms with Gasteiger partial charge in [0.05, 0.1) is 4.90 Å². The fourth-order valence-corrected chi connectivity index (χ4v) is 3.95. The number of carbonyl (C=O) groups excluding carboxylic acids is 1. The first-order valence-corrected chi connectivity index (χ1v) is 10.5. The number of nitrogens with one attached hydrogen (secondary N) is 2. The number of rotatable bonds is 6. The number of carbonyl (C=O) groups is 1. The standard InChI is InChI=1S/C20H16BrFN2O3S/c21-19-10-9-16(22)11-15(19)13-23-20(25)14-5-4-6-17(12-14)24-28(26,27)18-7-2-1-3-8-18/h1-12,24H,13H2,(H,23,25). The quantitative estimate of drug-likeness (QED) is 0.572. The molecule has 3 aromatic rings. The summed E-state index contributed by atoms with van der Waals surface area (Å²) in [4.78, 5) is 12.5. The van der Waals surface area contributed by atoms with E-state index in [2.05, 4.69) is 26.0 Å². The molecule has 0 saturated carbocycles. The Labute approximate surface area is 170 Å². The number of amides is 1. The monoisotopic (exact) mass is 462 g/mol. The Balaban J connectivity index is 1.72. The van der Waals surface area contributed by atoms with Gasteiger partial charge in [-0.3, -0.25) is 9.52 Å². The summed E-state index contributed by atoms with van der Waals surface area (Å²) < 4.78 is 41.3. The SMILES string of the molecule is O=C(NCc1cc(F)ccc1Br)c1cccc(NS(=O)(=O)c2ccccc2)c1. The van der Waals surface area contributed by atoms with E-state index in [1.54, 1.807) is 42.5 Å². The Morgan fingerprint density at radius 3 is 2.46 bits per heavy atom. The molecular weight excluding hydrogens is 447 g/mol. The Morgan fingerprint density at radius 2 is 1.71 bits per heavy atom. The molecule has 0 fully saturated rings. The molecule has 28 heavy (non-hydrogen) atoms. The van der Waals surface area contributed by atoms with Crippen LogP contribution in [0.4, 0.5) is 10.1 Å². The van der Waals surface area contributed by atoms with Crippen molar-refractivity contribution in [3.8, 4) is 0 Å². The van der Waals surface area contributed by atoms with E-state index in [4.69, 9.17) is 0 Å². The summed E-state index contributed by atoms with van der Waals surface area (Å²) >= 11 is 3.31. The van der Waals surface area contributed by atoms with Crippen LogP contribution in [-0.4, -0.2) is 14.3 Å². The Kier molecular flexibility index (Phi) is 6.11. The molecule has 0 aromatic heterocycles. The molecule has 3 aromatic carbocycles. The normalized spacial score (nSPS) is 11.1. The summed E-state index contributed by atoms with van der Waals surface area (Å²) in [6.07, 6.45) is 0. The van der Waals surface area contributed by atoms with Crippen molar-refractivity contribution in [2.75, 3.05) is 4.72 Å². The molecule has 8 heteroatoms. The van der Waals surface area contributed by atoms with Crippen molar-refractivity contribution >= 4 is 37.5 Å². The fraction of sp³-hybridized carbons (Fsp3) is 0.0500. The van der Waals surface area contributed by atoms with Crippen molar-refractivity contribution in [2.24, 2.45) is 0 Å². The highest BCUT2D eigenvalue weighted by Crippen LogP contribution is 2.19. The number of anilines is 1. The Morgan fingerprint density at radius 1 is 0.964 bits per heavy atom. The topological polar surface area (TPSA) is 75.3 Å². The molecule has 0 atom stereocenters. The molecule has 0 spiro atoms. The summed E-state index contributed by atoms with van der Waals surface area (Å²) in [6, 6.07) is 18.3. The van der Waals surface area contributed by atoms with E-state index in [1.165, 1.54) is 30.3 Å². The van der Waals surface area contributed by atoms with Gasteiger partial charge in [0.1, 0.15) is 5.82 Å². The molecule has 0 aliphatic rings. The lowest BCUT2D eigenvalue weighted by molar-refractivity contribution is 0.0951. The third kappa shape index (κ3) is 4.96. The van der Waals surface area contributed by atoms with Crippen LogP contribution in [0.2, 0.25) is 0 Å². The van der Waals surface area contributed by atoms with Gasteiger partial charge in [-0.1, -0.05) is 40.2 Å². The molecule has 0 aliphatic carbocycles. The van der Waals surface area contributed by atoms with Crippen LogP contribution < -0.4 is 10.0 Å². The fourth-order valence-electron chi connectivity index (χ4n) is 2.49. The molecule has 0 unspecified atom stereocenters. The van der Waals surface area contributed by atoms with Crippen LogP contribution in [0.3, 0.4) is 0 Å². The number of benzene rings is 3. The van der Waals surface area contributed by atoms with E-state index in [9.17, 15) is 17.6 Å². The van der Waals surface area contributed by atoms with Crippen LogP contribution in [0.1, 0.15) is 15.9 Å². The minimum Gasteiger partial charge on any atom is -0.348 e. The zero-order valence-electron chi connectivity index (χ0n) is 14.5. The summed E-state index contributed by atoms with van der Waals surface area (Å²) in [5.41, 5.74) is 1.14. The van der Waals surface area contributed by atoms with Gasteiger partial charge < -0.3 is 5.32 Å². The second kappa shape index (κ2) is 8.53.